The van der Waals surface area contributed by atoms with Crippen molar-refractivity contribution in [3.05, 3.63) is 23.5 Å². The maximum absolute atomic E-state index is 12.6. The normalized spacial score (nSPS) is 17.6. The molecule has 0 spiro atoms. The van der Waals surface area contributed by atoms with E-state index in [1.807, 2.05) is 0 Å². The molecule has 1 aromatic heterocycles. The van der Waals surface area contributed by atoms with Crippen molar-refractivity contribution >= 4 is 27.6 Å². The van der Waals surface area contributed by atoms with Gasteiger partial charge in [-0.05, 0) is 45.2 Å². The van der Waals surface area contributed by atoms with Gasteiger partial charge in [-0.25, -0.2) is 18.1 Å². The van der Waals surface area contributed by atoms with Gasteiger partial charge in [-0.15, -0.1) is 0 Å². The summed E-state index contributed by atoms with van der Waals surface area (Å²) >= 11 is 5.88. The van der Waals surface area contributed by atoms with Crippen molar-refractivity contribution < 1.29 is 17.9 Å². The van der Waals surface area contributed by atoms with Gasteiger partial charge in [0, 0.05) is 11.7 Å². The van der Waals surface area contributed by atoms with Crippen molar-refractivity contribution in [1.29, 1.82) is 0 Å². The Labute approximate surface area is 135 Å². The molecule has 0 atom stereocenters. The summed E-state index contributed by atoms with van der Waals surface area (Å²) in [6.07, 6.45) is 3.38. The second kappa shape index (κ2) is 5.79. The highest BCUT2D eigenvalue weighted by Gasteiger charge is 2.56. The highest BCUT2D eigenvalue weighted by molar-refractivity contribution is 7.89. The monoisotopic (exact) mass is 346 g/mol. The number of esters is 1. The maximum Gasteiger partial charge on any atom is 0.313 e. The molecule has 122 valence electrons. The van der Waals surface area contributed by atoms with Gasteiger partial charge < -0.3 is 4.74 Å². The summed E-state index contributed by atoms with van der Waals surface area (Å²) in [5.74, 6) is -0.452. The van der Waals surface area contributed by atoms with Crippen molar-refractivity contribution in [2.45, 2.75) is 43.5 Å². The lowest BCUT2D eigenvalue weighted by Crippen LogP contribution is -2.64. The van der Waals surface area contributed by atoms with Gasteiger partial charge in [-0.1, -0.05) is 11.6 Å². The molecular weight excluding hydrogens is 328 g/mol. The van der Waals surface area contributed by atoms with Gasteiger partial charge in [0.1, 0.15) is 10.0 Å². The molecule has 1 heterocycles. The number of sulfonamides is 1. The van der Waals surface area contributed by atoms with Gasteiger partial charge in [0.2, 0.25) is 10.0 Å². The van der Waals surface area contributed by atoms with Crippen LogP contribution in [0.15, 0.2) is 23.2 Å². The van der Waals surface area contributed by atoms with Gasteiger partial charge in [0.05, 0.1) is 12.5 Å². The molecule has 1 aliphatic rings. The number of hydrogen-bond donors (Lipinski definition) is 1. The molecule has 0 amide bonds. The third-order valence-electron chi connectivity index (χ3n) is 4.44. The Morgan fingerprint density at radius 2 is 2.09 bits per heavy atom. The van der Waals surface area contributed by atoms with Gasteiger partial charge in [0.15, 0.2) is 0 Å². The highest BCUT2D eigenvalue weighted by Crippen LogP contribution is 2.47. The fourth-order valence-corrected chi connectivity index (χ4v) is 4.76. The SMILES string of the molecule is COC(=O)C(C)(C)C1(NS(=O)(=O)c2cccnc2Cl)CCC1. The second-order valence-electron chi connectivity index (χ2n) is 5.95. The molecule has 1 aromatic rings. The van der Waals surface area contributed by atoms with E-state index in [0.717, 1.165) is 6.42 Å². The van der Waals surface area contributed by atoms with Crippen LogP contribution in [0.5, 0.6) is 0 Å². The van der Waals surface area contributed by atoms with E-state index < -0.39 is 26.9 Å². The van der Waals surface area contributed by atoms with Crippen LogP contribution in [0.25, 0.3) is 0 Å². The van der Waals surface area contributed by atoms with Crippen molar-refractivity contribution in [1.82, 2.24) is 9.71 Å². The number of carbonyl (C=O) groups excluding carboxylic acids is 1. The molecule has 1 fully saturated rings. The van der Waals surface area contributed by atoms with Crippen LogP contribution < -0.4 is 4.72 Å². The van der Waals surface area contributed by atoms with Crippen LogP contribution in [-0.2, 0) is 19.6 Å². The summed E-state index contributed by atoms with van der Waals surface area (Å²) in [5, 5.41) is -0.0969. The Bertz CT molecular complexity index is 684. The van der Waals surface area contributed by atoms with E-state index in [1.165, 1.54) is 25.4 Å². The smallest absolute Gasteiger partial charge is 0.313 e. The first-order valence-electron chi connectivity index (χ1n) is 6.89. The number of rotatable bonds is 5. The molecule has 0 aromatic carbocycles. The number of ether oxygens (including phenoxy) is 1. The summed E-state index contributed by atoms with van der Waals surface area (Å²) in [5.41, 5.74) is -1.86. The van der Waals surface area contributed by atoms with Crippen LogP contribution in [0, 0.1) is 5.41 Å². The zero-order valence-corrected chi connectivity index (χ0v) is 14.3. The Morgan fingerprint density at radius 1 is 1.45 bits per heavy atom. The number of aromatic nitrogens is 1. The van der Waals surface area contributed by atoms with Gasteiger partial charge in [-0.2, -0.15) is 0 Å². The van der Waals surface area contributed by atoms with Gasteiger partial charge >= 0.3 is 5.97 Å². The van der Waals surface area contributed by atoms with Crippen LogP contribution in [0.3, 0.4) is 0 Å². The molecule has 0 bridgehead atoms. The molecular formula is C14H19ClN2O4S. The van der Waals surface area contributed by atoms with E-state index >= 15 is 0 Å². The van der Waals surface area contributed by atoms with Crippen LogP contribution in [0.4, 0.5) is 0 Å². The first-order chi connectivity index (χ1) is 10.2. The van der Waals surface area contributed by atoms with Crippen LogP contribution in [0.2, 0.25) is 5.15 Å². The number of halogens is 1. The quantitative estimate of drug-likeness (QED) is 0.652. The zero-order chi connectivity index (χ0) is 16.6. The highest BCUT2D eigenvalue weighted by atomic mass is 35.5. The molecule has 1 aliphatic carbocycles. The number of hydrogen-bond acceptors (Lipinski definition) is 5. The van der Waals surface area contributed by atoms with Crippen LogP contribution in [0.1, 0.15) is 33.1 Å². The minimum absolute atomic E-state index is 0.0939. The largest absolute Gasteiger partial charge is 0.469 e. The predicted molar refractivity (Wildman–Crippen MR) is 81.9 cm³/mol. The number of methoxy groups -OCH3 is 1. The molecule has 1 saturated carbocycles. The number of nitrogens with zero attached hydrogens (tertiary/aromatic N) is 1. The maximum atomic E-state index is 12.6. The van der Waals surface area contributed by atoms with Crippen molar-refractivity contribution in [2.75, 3.05) is 7.11 Å². The molecule has 22 heavy (non-hydrogen) atoms. The molecule has 0 radical (unpaired) electrons. The Kier molecular flexibility index (Phi) is 4.52. The number of pyridine rings is 1. The summed E-state index contributed by atoms with van der Waals surface area (Å²) in [4.78, 5) is 15.8. The van der Waals surface area contributed by atoms with Gasteiger partial charge in [-0.3, -0.25) is 4.79 Å². The summed E-state index contributed by atoms with van der Waals surface area (Å²) in [6.45, 7) is 3.37. The van der Waals surface area contributed by atoms with Crippen molar-refractivity contribution in [3.8, 4) is 0 Å². The van der Waals surface area contributed by atoms with Crippen molar-refractivity contribution in [3.63, 3.8) is 0 Å². The minimum atomic E-state index is -3.89. The Morgan fingerprint density at radius 3 is 2.55 bits per heavy atom. The average Bonchev–Trinajstić information content (AvgIpc) is 2.42. The van der Waals surface area contributed by atoms with E-state index in [0.29, 0.717) is 12.8 Å². The summed E-state index contributed by atoms with van der Waals surface area (Å²) < 4.78 is 32.8. The fraction of sp³-hybridized carbons (Fsp3) is 0.571. The van der Waals surface area contributed by atoms with Gasteiger partial charge in [0.25, 0.3) is 0 Å². The Balaban J connectivity index is 2.39. The lowest BCUT2D eigenvalue weighted by atomic mass is 9.61. The molecule has 0 saturated heterocycles. The van der Waals surface area contributed by atoms with Crippen LogP contribution in [-0.4, -0.2) is 32.0 Å². The van der Waals surface area contributed by atoms with E-state index in [-0.39, 0.29) is 10.0 Å². The molecule has 8 heteroatoms. The molecule has 6 nitrogen and oxygen atoms in total. The summed E-state index contributed by atoms with van der Waals surface area (Å²) in [7, 11) is -2.59. The third kappa shape index (κ3) is 2.73. The Hall–Kier alpha value is -1.18. The van der Waals surface area contributed by atoms with E-state index in [2.05, 4.69) is 9.71 Å². The topological polar surface area (TPSA) is 85.4 Å². The number of carbonyl (C=O) groups is 1. The predicted octanol–water partition coefficient (Wildman–Crippen LogP) is 2.14. The third-order valence-corrected chi connectivity index (χ3v) is 6.42. The number of nitrogens with one attached hydrogen (secondary N) is 1. The lowest BCUT2D eigenvalue weighted by Gasteiger charge is -2.51. The van der Waals surface area contributed by atoms with Crippen molar-refractivity contribution in [2.24, 2.45) is 5.41 Å². The standard InChI is InChI=1S/C14H19ClN2O4S/c1-13(2,12(18)21-3)14(7-5-8-14)17-22(19,20)10-6-4-9-16-11(10)15/h4,6,9,17H,5,7-8H2,1-3H3. The molecule has 0 unspecified atom stereocenters. The molecule has 2 rings (SSSR count). The zero-order valence-electron chi connectivity index (χ0n) is 12.7. The van der Waals surface area contributed by atoms with E-state index in [9.17, 15) is 13.2 Å². The second-order valence-corrected chi connectivity index (χ2v) is 7.96. The average molecular weight is 347 g/mol. The first kappa shape index (κ1) is 17.2. The summed E-state index contributed by atoms with van der Waals surface area (Å²) in [6, 6.07) is 2.88. The lowest BCUT2D eigenvalue weighted by molar-refractivity contribution is -0.158. The first-order valence-corrected chi connectivity index (χ1v) is 8.75. The fourth-order valence-electron chi connectivity index (χ4n) is 2.72. The van der Waals surface area contributed by atoms with E-state index in [4.69, 9.17) is 16.3 Å². The molecule has 1 N–H and O–H groups in total. The molecule has 0 aliphatic heterocycles. The minimum Gasteiger partial charge on any atom is -0.469 e. The van der Waals surface area contributed by atoms with Crippen LogP contribution >= 0.6 is 11.6 Å². The van der Waals surface area contributed by atoms with E-state index in [1.54, 1.807) is 13.8 Å².